The van der Waals surface area contributed by atoms with Gasteiger partial charge in [-0.05, 0) is 63.6 Å². The van der Waals surface area contributed by atoms with Gasteiger partial charge in [0.25, 0.3) is 0 Å². The van der Waals surface area contributed by atoms with Gasteiger partial charge in [-0.2, -0.15) is 9.97 Å². The van der Waals surface area contributed by atoms with Gasteiger partial charge >= 0.3 is 0 Å². The molecule has 0 spiro atoms. The van der Waals surface area contributed by atoms with E-state index in [1.807, 2.05) is 78.6 Å². The number of nitrogen functional groups attached to an aromatic ring is 1. The van der Waals surface area contributed by atoms with E-state index in [9.17, 15) is 0 Å². The number of nitrogens with two attached hydrogens (primary N) is 1. The molecule has 8 heterocycles. The van der Waals surface area contributed by atoms with Crippen LogP contribution < -0.4 is 30.3 Å². The Morgan fingerprint density at radius 2 is 1.25 bits per heavy atom. The van der Waals surface area contributed by atoms with E-state index < -0.39 is 0 Å². The molecule has 264 valence electrons. The summed E-state index contributed by atoms with van der Waals surface area (Å²) in [4.78, 5) is 37.9. The van der Waals surface area contributed by atoms with Gasteiger partial charge < -0.3 is 30.3 Å². The minimum atomic E-state index is 0.253. The summed E-state index contributed by atoms with van der Waals surface area (Å²) in [6, 6.07) is 8.12. The predicted molar refractivity (Wildman–Crippen MR) is 196 cm³/mol. The van der Waals surface area contributed by atoms with Gasteiger partial charge in [0.2, 0.25) is 11.2 Å². The Morgan fingerprint density at radius 3 is 1.76 bits per heavy atom. The molecule has 17 heteroatoms. The van der Waals surface area contributed by atoms with Crippen LogP contribution in [0.15, 0.2) is 74.1 Å². The summed E-state index contributed by atoms with van der Waals surface area (Å²) in [6.45, 7) is 9.35. The number of hydrogen-bond donors (Lipinski definition) is 2. The molecule has 51 heavy (non-hydrogen) atoms. The number of pyridine rings is 2. The molecule has 0 aliphatic carbocycles. The lowest BCUT2D eigenvalue weighted by Crippen LogP contribution is -2.38. The Labute approximate surface area is 300 Å². The first kappa shape index (κ1) is 34.8. The molecule has 2 aliphatic heterocycles. The van der Waals surface area contributed by atoms with Gasteiger partial charge in [-0.3, -0.25) is 9.13 Å². The number of anilines is 5. The monoisotopic (exact) mass is 710 g/mol. The highest BCUT2D eigenvalue weighted by molar-refractivity contribution is 6.28. The number of likely N-dealkylation sites (N-methyl/N-ethyl adjacent to an activating group) is 2. The fourth-order valence-corrected chi connectivity index (χ4v) is 5.05. The maximum Gasteiger partial charge on any atom is 0.229 e. The summed E-state index contributed by atoms with van der Waals surface area (Å²) in [6.07, 6.45) is 14.0. The maximum atomic E-state index is 5.69. The quantitative estimate of drug-likeness (QED) is 0.238. The van der Waals surface area contributed by atoms with Crippen LogP contribution in [-0.4, -0.2) is 88.4 Å². The first-order valence-electron chi connectivity index (χ1n) is 16.1. The number of nitrogens with one attached hydrogen (secondary N) is 1. The van der Waals surface area contributed by atoms with E-state index in [4.69, 9.17) is 26.8 Å². The van der Waals surface area contributed by atoms with Crippen LogP contribution in [0.2, 0.25) is 5.28 Å². The molecule has 16 nitrogen and oxygen atoms in total. The van der Waals surface area contributed by atoms with Gasteiger partial charge in [-0.1, -0.05) is 0 Å². The van der Waals surface area contributed by atoms with E-state index in [1.165, 1.54) is 0 Å². The summed E-state index contributed by atoms with van der Waals surface area (Å²) >= 11 is 5.69. The minimum Gasteiger partial charge on any atom is -0.486 e. The van der Waals surface area contributed by atoms with Crippen molar-refractivity contribution in [3.05, 3.63) is 90.8 Å². The third-order valence-corrected chi connectivity index (χ3v) is 8.30. The van der Waals surface area contributed by atoms with E-state index in [-0.39, 0.29) is 11.3 Å². The lowest BCUT2D eigenvalue weighted by Gasteiger charge is -2.32. The summed E-state index contributed by atoms with van der Waals surface area (Å²) < 4.78 is 14.8. The van der Waals surface area contributed by atoms with Crippen molar-refractivity contribution in [2.45, 2.75) is 39.8 Å². The van der Waals surface area contributed by atoms with Crippen LogP contribution in [-0.2, 0) is 0 Å². The fourth-order valence-electron chi connectivity index (χ4n) is 4.92. The molecule has 3 N–H and O–H groups in total. The zero-order valence-electron chi connectivity index (χ0n) is 29.1. The van der Waals surface area contributed by atoms with Crippen LogP contribution in [0.5, 0.6) is 11.5 Å². The van der Waals surface area contributed by atoms with Gasteiger partial charge in [0.15, 0.2) is 23.1 Å². The maximum absolute atomic E-state index is 5.69. The van der Waals surface area contributed by atoms with Gasteiger partial charge in [-0.25, -0.2) is 29.9 Å². The number of aromatic nitrogens is 10. The number of imidazole rings is 2. The van der Waals surface area contributed by atoms with Gasteiger partial charge in [0, 0.05) is 26.5 Å². The normalized spacial score (nSPS) is 15.9. The molecule has 0 amide bonds. The highest BCUT2D eigenvalue weighted by Gasteiger charge is 2.24. The van der Waals surface area contributed by atoms with Gasteiger partial charge in [0.05, 0.1) is 59.6 Å². The smallest absolute Gasteiger partial charge is 0.229 e. The average Bonchev–Trinajstić information content (AvgIpc) is 3.78. The Hall–Kier alpha value is -6.03. The average molecular weight is 711 g/mol. The highest BCUT2D eigenvalue weighted by Crippen LogP contribution is 2.32. The van der Waals surface area contributed by atoms with E-state index in [1.54, 1.807) is 37.4 Å². The first-order chi connectivity index (χ1) is 24.5. The Balaban J connectivity index is 0.000000145. The van der Waals surface area contributed by atoms with Gasteiger partial charge in [-0.15, -0.1) is 0 Å². The zero-order valence-corrected chi connectivity index (χ0v) is 29.9. The summed E-state index contributed by atoms with van der Waals surface area (Å²) in [5, 5.41) is 3.43. The Morgan fingerprint density at radius 1 is 0.706 bits per heavy atom. The van der Waals surface area contributed by atoms with E-state index in [2.05, 4.69) is 63.9 Å². The Kier molecular flexibility index (Phi) is 10.4. The first-order valence-corrected chi connectivity index (χ1v) is 16.5. The van der Waals surface area contributed by atoms with E-state index in [0.29, 0.717) is 42.4 Å². The number of halogens is 1. The molecule has 2 aliphatic rings. The summed E-state index contributed by atoms with van der Waals surface area (Å²) in [5.74, 6) is 5.10. The molecule has 0 saturated heterocycles. The van der Waals surface area contributed by atoms with Crippen LogP contribution >= 0.6 is 11.6 Å². The van der Waals surface area contributed by atoms with Crippen molar-refractivity contribution in [2.24, 2.45) is 0 Å². The molecule has 8 rings (SSSR count). The molecule has 6 aromatic heterocycles. The fraction of sp³-hybridized carbons (Fsp3) is 0.294. The predicted octanol–water partition coefficient (Wildman–Crippen LogP) is 4.83. The molecule has 0 fully saturated rings. The molecule has 0 saturated carbocycles. The van der Waals surface area contributed by atoms with Crippen LogP contribution in [0.4, 0.5) is 29.0 Å². The Bertz CT molecular complexity index is 2070. The lowest BCUT2D eigenvalue weighted by molar-refractivity contribution is 0.271. The number of hydrogen-bond acceptors (Lipinski definition) is 14. The SMILES string of the molecule is CC1COc2cnc(Cl)nc2N1C.Cc1cn(-c2ccc(N)cn2)cn1.Cc1cn(-c2ccc(Nc3ncc4c(n3)N(C)C(C)CO4)cn2)cn1. The molecule has 2 atom stereocenters. The molecular weight excluding hydrogens is 672 g/mol. The number of ether oxygens (including phenoxy) is 2. The number of nitrogens with zero attached hydrogens (tertiary/aromatic N) is 12. The molecule has 0 bridgehead atoms. The summed E-state index contributed by atoms with van der Waals surface area (Å²) in [5.41, 5.74) is 8.92. The van der Waals surface area contributed by atoms with Crippen molar-refractivity contribution in [1.82, 2.24) is 49.0 Å². The second-order valence-electron chi connectivity index (χ2n) is 12.1. The molecule has 6 aromatic rings. The lowest BCUT2D eigenvalue weighted by atomic mass is 10.2. The number of aryl methyl sites for hydroxylation is 2. The molecular formula is C34H39ClN14O2. The summed E-state index contributed by atoms with van der Waals surface area (Å²) in [7, 11) is 3.97. The van der Waals surface area contributed by atoms with Crippen molar-refractivity contribution >= 4 is 40.6 Å². The minimum absolute atomic E-state index is 0.253. The third kappa shape index (κ3) is 8.41. The van der Waals surface area contributed by atoms with Crippen molar-refractivity contribution in [3.8, 4) is 23.1 Å². The van der Waals surface area contributed by atoms with Crippen molar-refractivity contribution in [3.63, 3.8) is 0 Å². The van der Waals surface area contributed by atoms with Crippen molar-refractivity contribution < 1.29 is 9.47 Å². The number of fused-ring (bicyclic) bond motifs is 2. The van der Waals surface area contributed by atoms with Crippen LogP contribution in [0.1, 0.15) is 25.2 Å². The molecule has 0 radical (unpaired) electrons. The number of rotatable bonds is 4. The van der Waals surface area contributed by atoms with E-state index in [0.717, 1.165) is 40.3 Å². The largest absolute Gasteiger partial charge is 0.486 e. The zero-order chi connectivity index (χ0) is 36.1. The molecule has 0 aromatic carbocycles. The highest BCUT2D eigenvalue weighted by atomic mass is 35.5. The van der Waals surface area contributed by atoms with Gasteiger partial charge in [0.1, 0.15) is 37.5 Å². The van der Waals surface area contributed by atoms with Crippen LogP contribution in [0, 0.1) is 13.8 Å². The topological polar surface area (TPSA) is 176 Å². The van der Waals surface area contributed by atoms with Crippen LogP contribution in [0.25, 0.3) is 11.6 Å². The standard InChI is InChI=1S/C17H19N7O.C9H10N4.C8H10ClN3O/c1-11-8-24(10-20-11)15-5-4-13(6-18-15)21-17-19-7-14-16(22-17)23(3)12(2)9-25-14;1-7-5-13(6-12-7)9-3-2-8(10)4-11-9;1-5-4-13-6-3-10-8(9)11-7(6)12(5)2/h4-8,10,12H,9H2,1-3H3,(H,19,21,22);2-6H,10H2,1H3;3,5H,4H2,1-2H3. The second-order valence-corrected chi connectivity index (χ2v) is 12.4. The van der Waals surface area contributed by atoms with Crippen molar-refractivity contribution in [2.75, 3.05) is 48.2 Å². The second kappa shape index (κ2) is 15.2. The van der Waals surface area contributed by atoms with E-state index >= 15 is 0 Å². The third-order valence-electron chi connectivity index (χ3n) is 8.12. The van der Waals surface area contributed by atoms with Crippen molar-refractivity contribution in [1.29, 1.82) is 0 Å². The van der Waals surface area contributed by atoms with Crippen LogP contribution in [0.3, 0.4) is 0 Å². The molecule has 2 unspecified atom stereocenters.